The minimum absolute atomic E-state index is 0.545. The maximum absolute atomic E-state index is 12.5. The fraction of sp³-hybridized carbons (Fsp3) is 0.600. The van der Waals surface area contributed by atoms with E-state index in [1.54, 1.807) is 6.07 Å². The van der Waals surface area contributed by atoms with Crippen LogP contribution in [0.1, 0.15) is 51.0 Å². The summed E-state index contributed by atoms with van der Waals surface area (Å²) >= 11 is 0. The summed E-state index contributed by atoms with van der Waals surface area (Å²) in [6, 6.07) is 5.37. The van der Waals surface area contributed by atoms with Crippen LogP contribution in [-0.4, -0.2) is 6.54 Å². The molecule has 108 valence electrons. The highest BCUT2D eigenvalue weighted by Gasteiger charge is 2.30. The number of rotatable bonds is 8. The highest BCUT2D eigenvalue weighted by Crippen LogP contribution is 2.30. The molecule has 0 aliphatic rings. The third-order valence-electron chi connectivity index (χ3n) is 3.05. The van der Waals surface area contributed by atoms with Crippen LogP contribution < -0.4 is 5.32 Å². The molecule has 19 heavy (non-hydrogen) atoms. The Bertz CT molecular complexity index is 361. The van der Waals surface area contributed by atoms with Crippen LogP contribution in [0.25, 0.3) is 0 Å². The van der Waals surface area contributed by atoms with Crippen molar-refractivity contribution in [2.75, 3.05) is 11.9 Å². The zero-order chi connectivity index (χ0) is 14.1. The van der Waals surface area contributed by atoms with E-state index in [2.05, 4.69) is 12.2 Å². The molecule has 0 fully saturated rings. The second kappa shape index (κ2) is 8.08. The summed E-state index contributed by atoms with van der Waals surface area (Å²) in [6.45, 7) is 2.91. The van der Waals surface area contributed by atoms with Gasteiger partial charge in [-0.2, -0.15) is 13.2 Å². The first-order valence-electron chi connectivity index (χ1n) is 6.95. The second-order valence-corrected chi connectivity index (χ2v) is 4.77. The van der Waals surface area contributed by atoms with Crippen LogP contribution in [0.2, 0.25) is 0 Å². The number of alkyl halides is 3. The van der Waals surface area contributed by atoms with Crippen molar-refractivity contribution in [1.82, 2.24) is 0 Å². The summed E-state index contributed by atoms with van der Waals surface area (Å²) in [5.74, 6) is 0. The van der Waals surface area contributed by atoms with Crippen LogP contribution in [0.15, 0.2) is 24.3 Å². The lowest BCUT2D eigenvalue weighted by molar-refractivity contribution is -0.137. The van der Waals surface area contributed by atoms with E-state index in [4.69, 9.17) is 0 Å². The predicted octanol–water partition coefficient (Wildman–Crippen LogP) is 5.48. The SMILES string of the molecule is CCCCCCCCNc1cccc(C(F)(F)F)c1. The molecular formula is C15H22F3N. The maximum atomic E-state index is 12.5. The van der Waals surface area contributed by atoms with Gasteiger partial charge in [0, 0.05) is 12.2 Å². The van der Waals surface area contributed by atoms with Crippen LogP contribution in [0.3, 0.4) is 0 Å². The lowest BCUT2D eigenvalue weighted by atomic mass is 10.1. The van der Waals surface area contributed by atoms with E-state index in [0.717, 1.165) is 31.5 Å². The minimum atomic E-state index is -4.27. The zero-order valence-electron chi connectivity index (χ0n) is 11.4. The van der Waals surface area contributed by atoms with Crippen molar-refractivity contribution in [2.45, 2.75) is 51.6 Å². The standard InChI is InChI=1S/C15H22F3N/c1-2-3-4-5-6-7-11-19-14-10-8-9-13(12-14)15(16,17)18/h8-10,12,19H,2-7,11H2,1H3. The molecule has 1 aromatic rings. The zero-order valence-corrected chi connectivity index (χ0v) is 11.4. The molecule has 0 atom stereocenters. The summed E-state index contributed by atoms with van der Waals surface area (Å²) < 4.78 is 37.5. The third-order valence-corrected chi connectivity index (χ3v) is 3.05. The Morgan fingerprint density at radius 2 is 1.68 bits per heavy atom. The summed E-state index contributed by atoms with van der Waals surface area (Å²) in [4.78, 5) is 0. The number of halogens is 3. The molecule has 0 aliphatic carbocycles. The Labute approximate surface area is 113 Å². The molecule has 0 spiro atoms. The van der Waals surface area contributed by atoms with Crippen LogP contribution >= 0.6 is 0 Å². The normalized spacial score (nSPS) is 11.6. The van der Waals surface area contributed by atoms with E-state index >= 15 is 0 Å². The lowest BCUT2D eigenvalue weighted by Crippen LogP contribution is -2.07. The molecular weight excluding hydrogens is 251 g/mol. The fourth-order valence-electron chi connectivity index (χ4n) is 1.94. The van der Waals surface area contributed by atoms with E-state index in [9.17, 15) is 13.2 Å². The van der Waals surface area contributed by atoms with Gasteiger partial charge in [0.15, 0.2) is 0 Å². The van der Waals surface area contributed by atoms with Gasteiger partial charge in [0.1, 0.15) is 0 Å². The summed E-state index contributed by atoms with van der Waals surface area (Å²) in [6.07, 6.45) is 2.81. The van der Waals surface area contributed by atoms with Gasteiger partial charge in [-0.25, -0.2) is 0 Å². The molecule has 0 saturated carbocycles. The predicted molar refractivity (Wildman–Crippen MR) is 73.3 cm³/mol. The molecule has 0 saturated heterocycles. The van der Waals surface area contributed by atoms with E-state index in [1.165, 1.54) is 31.7 Å². The molecule has 0 bridgehead atoms. The number of hydrogen-bond donors (Lipinski definition) is 1. The van der Waals surface area contributed by atoms with Gasteiger partial charge in [-0.15, -0.1) is 0 Å². The summed E-state index contributed by atoms with van der Waals surface area (Å²) in [7, 11) is 0. The molecule has 1 N–H and O–H groups in total. The molecule has 0 radical (unpaired) electrons. The molecule has 0 aromatic heterocycles. The van der Waals surface area contributed by atoms with Crippen LogP contribution in [0, 0.1) is 0 Å². The summed E-state index contributed by atoms with van der Waals surface area (Å²) in [5, 5.41) is 3.05. The van der Waals surface area contributed by atoms with Crippen molar-refractivity contribution in [3.05, 3.63) is 29.8 Å². The van der Waals surface area contributed by atoms with Crippen molar-refractivity contribution in [1.29, 1.82) is 0 Å². The van der Waals surface area contributed by atoms with Crippen molar-refractivity contribution in [3.63, 3.8) is 0 Å². The Balaban J connectivity index is 2.26. The monoisotopic (exact) mass is 273 g/mol. The van der Waals surface area contributed by atoms with Gasteiger partial charge in [0.05, 0.1) is 5.56 Å². The molecule has 1 nitrogen and oxygen atoms in total. The van der Waals surface area contributed by atoms with E-state index in [-0.39, 0.29) is 0 Å². The number of unbranched alkanes of at least 4 members (excludes halogenated alkanes) is 5. The molecule has 4 heteroatoms. The summed E-state index contributed by atoms with van der Waals surface area (Å²) in [5.41, 5.74) is -0.0520. The van der Waals surface area contributed by atoms with Gasteiger partial charge in [-0.3, -0.25) is 0 Å². The van der Waals surface area contributed by atoms with Crippen LogP contribution in [-0.2, 0) is 6.18 Å². The first-order chi connectivity index (χ1) is 9.04. The van der Waals surface area contributed by atoms with Crippen LogP contribution in [0.5, 0.6) is 0 Å². The van der Waals surface area contributed by atoms with Gasteiger partial charge in [0.2, 0.25) is 0 Å². The second-order valence-electron chi connectivity index (χ2n) is 4.77. The third kappa shape index (κ3) is 6.50. The molecule has 0 unspecified atom stereocenters. The van der Waals surface area contributed by atoms with Gasteiger partial charge in [-0.05, 0) is 24.6 Å². The number of nitrogens with one attached hydrogen (secondary N) is 1. The molecule has 1 aromatic carbocycles. The molecule has 0 aliphatic heterocycles. The van der Waals surface area contributed by atoms with E-state index in [0.29, 0.717) is 5.69 Å². The van der Waals surface area contributed by atoms with Gasteiger partial charge >= 0.3 is 6.18 Å². The lowest BCUT2D eigenvalue weighted by Gasteiger charge is -2.10. The molecule has 0 amide bonds. The number of hydrogen-bond acceptors (Lipinski definition) is 1. The topological polar surface area (TPSA) is 12.0 Å². The molecule has 1 rings (SSSR count). The average Bonchev–Trinajstić information content (AvgIpc) is 2.37. The van der Waals surface area contributed by atoms with E-state index in [1.807, 2.05) is 0 Å². The van der Waals surface area contributed by atoms with Crippen molar-refractivity contribution in [2.24, 2.45) is 0 Å². The Morgan fingerprint density at radius 1 is 1.00 bits per heavy atom. The van der Waals surface area contributed by atoms with Gasteiger partial charge in [-0.1, -0.05) is 45.1 Å². The van der Waals surface area contributed by atoms with Gasteiger partial charge in [0.25, 0.3) is 0 Å². The Morgan fingerprint density at radius 3 is 2.37 bits per heavy atom. The average molecular weight is 273 g/mol. The largest absolute Gasteiger partial charge is 0.416 e. The first-order valence-corrected chi connectivity index (χ1v) is 6.95. The highest BCUT2D eigenvalue weighted by molar-refractivity contribution is 5.46. The molecule has 0 heterocycles. The maximum Gasteiger partial charge on any atom is 0.416 e. The number of benzene rings is 1. The van der Waals surface area contributed by atoms with E-state index < -0.39 is 11.7 Å². The minimum Gasteiger partial charge on any atom is -0.385 e. The van der Waals surface area contributed by atoms with Crippen molar-refractivity contribution < 1.29 is 13.2 Å². The first kappa shape index (κ1) is 15.9. The van der Waals surface area contributed by atoms with Crippen molar-refractivity contribution >= 4 is 5.69 Å². The Hall–Kier alpha value is -1.19. The van der Waals surface area contributed by atoms with Crippen molar-refractivity contribution in [3.8, 4) is 0 Å². The fourth-order valence-corrected chi connectivity index (χ4v) is 1.94. The Kier molecular flexibility index (Phi) is 6.74. The smallest absolute Gasteiger partial charge is 0.385 e. The quantitative estimate of drug-likeness (QED) is 0.618. The highest BCUT2D eigenvalue weighted by atomic mass is 19.4. The van der Waals surface area contributed by atoms with Crippen LogP contribution in [0.4, 0.5) is 18.9 Å². The number of anilines is 1. The van der Waals surface area contributed by atoms with Gasteiger partial charge < -0.3 is 5.32 Å².